The molecule has 6 nitrogen and oxygen atoms in total. The van der Waals surface area contributed by atoms with Gasteiger partial charge in [-0.2, -0.15) is 13.2 Å². The minimum atomic E-state index is -4.48. The molecule has 0 aliphatic heterocycles. The zero-order valence-corrected chi connectivity index (χ0v) is 11.5. The molecular formula is C14H10F3N5O. The SMILES string of the molecule is O=C(Nc1cccc(C(F)(F)F)c1)Nn1nnc2ccccc21. The summed E-state index contributed by atoms with van der Waals surface area (Å²) in [6, 6.07) is 10.5. The topological polar surface area (TPSA) is 71.8 Å². The summed E-state index contributed by atoms with van der Waals surface area (Å²) in [6.45, 7) is 0. The van der Waals surface area contributed by atoms with Gasteiger partial charge >= 0.3 is 12.2 Å². The van der Waals surface area contributed by atoms with Crippen molar-refractivity contribution in [3.63, 3.8) is 0 Å². The Morgan fingerprint density at radius 2 is 1.87 bits per heavy atom. The highest BCUT2D eigenvalue weighted by molar-refractivity contribution is 5.95. The third-order valence-corrected chi connectivity index (χ3v) is 3.01. The number of carbonyl (C=O) groups excluding carboxylic acids is 1. The molecule has 23 heavy (non-hydrogen) atoms. The largest absolute Gasteiger partial charge is 0.416 e. The van der Waals surface area contributed by atoms with Crippen molar-refractivity contribution in [1.29, 1.82) is 0 Å². The van der Waals surface area contributed by atoms with Crippen molar-refractivity contribution < 1.29 is 18.0 Å². The van der Waals surface area contributed by atoms with Crippen LogP contribution in [0.25, 0.3) is 11.0 Å². The van der Waals surface area contributed by atoms with Gasteiger partial charge in [0.25, 0.3) is 0 Å². The minimum Gasteiger partial charge on any atom is -0.307 e. The third kappa shape index (κ3) is 3.23. The average molecular weight is 321 g/mol. The monoisotopic (exact) mass is 321 g/mol. The van der Waals surface area contributed by atoms with Gasteiger partial charge in [-0.3, -0.25) is 0 Å². The summed E-state index contributed by atoms with van der Waals surface area (Å²) in [5, 5.41) is 9.91. The highest BCUT2D eigenvalue weighted by Crippen LogP contribution is 2.30. The summed E-state index contributed by atoms with van der Waals surface area (Å²) >= 11 is 0. The van der Waals surface area contributed by atoms with Crippen molar-refractivity contribution in [1.82, 2.24) is 15.1 Å². The van der Waals surface area contributed by atoms with Gasteiger partial charge in [-0.1, -0.05) is 18.2 Å². The first kappa shape index (κ1) is 14.8. The van der Waals surface area contributed by atoms with E-state index in [2.05, 4.69) is 21.1 Å². The van der Waals surface area contributed by atoms with Crippen LogP contribution in [-0.4, -0.2) is 21.1 Å². The number of carbonyl (C=O) groups is 1. The van der Waals surface area contributed by atoms with Gasteiger partial charge in [-0.25, -0.2) is 10.2 Å². The molecule has 0 spiro atoms. The molecule has 2 N–H and O–H groups in total. The number of fused-ring (bicyclic) bond motifs is 1. The fourth-order valence-corrected chi connectivity index (χ4v) is 1.98. The standard InChI is InChI=1S/C14H10F3N5O/c15-14(16,17)9-4-3-5-10(8-9)18-13(23)20-22-12-7-2-1-6-11(12)19-21-22/h1-8H,(H2,18,20,23). The number of anilines is 1. The molecule has 118 valence electrons. The highest BCUT2D eigenvalue weighted by atomic mass is 19.4. The average Bonchev–Trinajstić information content (AvgIpc) is 2.90. The Hall–Kier alpha value is -3.10. The number of amides is 2. The molecule has 0 aliphatic rings. The molecule has 0 fully saturated rings. The Balaban J connectivity index is 1.75. The van der Waals surface area contributed by atoms with Gasteiger partial charge < -0.3 is 5.32 Å². The van der Waals surface area contributed by atoms with Gasteiger partial charge in [0, 0.05) is 5.69 Å². The van der Waals surface area contributed by atoms with E-state index < -0.39 is 17.8 Å². The first-order valence-electron chi connectivity index (χ1n) is 6.49. The predicted octanol–water partition coefficient (Wildman–Crippen LogP) is 3.23. The molecule has 2 amide bonds. The van der Waals surface area contributed by atoms with Crippen LogP contribution >= 0.6 is 0 Å². The number of hydrogen-bond acceptors (Lipinski definition) is 3. The maximum Gasteiger partial charge on any atom is 0.416 e. The molecule has 0 radical (unpaired) electrons. The number of nitrogens with zero attached hydrogens (tertiary/aromatic N) is 3. The maximum atomic E-state index is 12.6. The molecule has 3 aromatic rings. The van der Waals surface area contributed by atoms with Crippen LogP contribution in [0.3, 0.4) is 0 Å². The number of rotatable bonds is 2. The van der Waals surface area contributed by atoms with Crippen LogP contribution in [-0.2, 0) is 6.18 Å². The van der Waals surface area contributed by atoms with Gasteiger partial charge in [-0.15, -0.1) is 9.89 Å². The number of halogens is 3. The Morgan fingerprint density at radius 1 is 1.09 bits per heavy atom. The first-order chi connectivity index (χ1) is 10.9. The normalized spacial score (nSPS) is 11.4. The number of urea groups is 1. The zero-order valence-electron chi connectivity index (χ0n) is 11.5. The maximum absolute atomic E-state index is 12.6. The molecule has 9 heteroatoms. The smallest absolute Gasteiger partial charge is 0.307 e. The summed E-state index contributed by atoms with van der Waals surface area (Å²) < 4.78 is 37.9. The number of benzene rings is 2. The minimum absolute atomic E-state index is 0.0155. The molecule has 3 rings (SSSR count). The zero-order chi connectivity index (χ0) is 16.4. The molecule has 0 atom stereocenters. The second kappa shape index (κ2) is 5.59. The molecule has 2 aromatic carbocycles. The van der Waals surface area contributed by atoms with E-state index in [1.807, 2.05) is 0 Å². The molecule has 0 unspecified atom stereocenters. The van der Waals surface area contributed by atoms with Crippen LogP contribution in [0.1, 0.15) is 5.56 Å². The van der Waals surface area contributed by atoms with E-state index in [0.29, 0.717) is 11.0 Å². The Kier molecular flexibility index (Phi) is 3.61. The van der Waals surface area contributed by atoms with Crippen molar-refractivity contribution in [2.45, 2.75) is 6.18 Å². The molecule has 1 aromatic heterocycles. The van der Waals surface area contributed by atoms with Crippen molar-refractivity contribution in [2.75, 3.05) is 10.7 Å². The quantitative estimate of drug-likeness (QED) is 0.761. The molecule has 0 bridgehead atoms. The van der Waals surface area contributed by atoms with E-state index in [4.69, 9.17) is 0 Å². The summed E-state index contributed by atoms with van der Waals surface area (Å²) in [5.74, 6) is 0. The van der Waals surface area contributed by atoms with E-state index in [9.17, 15) is 18.0 Å². The molecule has 1 heterocycles. The van der Waals surface area contributed by atoms with Gasteiger partial charge in [0.15, 0.2) is 0 Å². The lowest BCUT2D eigenvalue weighted by molar-refractivity contribution is -0.137. The van der Waals surface area contributed by atoms with Crippen LogP contribution < -0.4 is 10.7 Å². The van der Waals surface area contributed by atoms with Crippen LogP contribution in [0.15, 0.2) is 48.5 Å². The number of nitrogens with one attached hydrogen (secondary N) is 2. The van der Waals surface area contributed by atoms with Gasteiger partial charge in [0.2, 0.25) is 0 Å². The van der Waals surface area contributed by atoms with Gasteiger partial charge in [-0.05, 0) is 35.5 Å². The number of alkyl halides is 3. The van der Waals surface area contributed by atoms with E-state index in [1.165, 1.54) is 12.1 Å². The second-order valence-electron chi connectivity index (χ2n) is 4.63. The van der Waals surface area contributed by atoms with Crippen molar-refractivity contribution in [3.8, 4) is 0 Å². The summed E-state index contributed by atoms with van der Waals surface area (Å²) in [7, 11) is 0. The van der Waals surface area contributed by atoms with Gasteiger partial charge in [0.1, 0.15) is 11.0 Å². The van der Waals surface area contributed by atoms with Crippen LogP contribution in [0.5, 0.6) is 0 Å². The Morgan fingerprint density at radius 3 is 2.65 bits per heavy atom. The molecule has 0 saturated carbocycles. The van der Waals surface area contributed by atoms with Gasteiger partial charge in [0.05, 0.1) is 5.56 Å². The third-order valence-electron chi connectivity index (χ3n) is 3.01. The fourth-order valence-electron chi connectivity index (χ4n) is 1.98. The Labute approximate surface area is 127 Å². The molecule has 0 saturated heterocycles. The lowest BCUT2D eigenvalue weighted by atomic mass is 10.2. The molecule has 0 aliphatic carbocycles. The van der Waals surface area contributed by atoms with Crippen LogP contribution in [0.4, 0.5) is 23.7 Å². The number of aromatic nitrogens is 3. The molecular weight excluding hydrogens is 311 g/mol. The first-order valence-corrected chi connectivity index (χ1v) is 6.49. The van der Waals surface area contributed by atoms with Crippen LogP contribution in [0.2, 0.25) is 0 Å². The van der Waals surface area contributed by atoms with E-state index in [0.717, 1.165) is 16.9 Å². The summed E-state index contributed by atoms with van der Waals surface area (Å²) in [5.41, 5.74) is 2.69. The lowest BCUT2D eigenvalue weighted by Crippen LogP contribution is -2.28. The lowest BCUT2D eigenvalue weighted by Gasteiger charge is -2.10. The van der Waals surface area contributed by atoms with E-state index in [-0.39, 0.29) is 5.69 Å². The fraction of sp³-hybridized carbons (Fsp3) is 0.0714. The second-order valence-corrected chi connectivity index (χ2v) is 4.63. The van der Waals surface area contributed by atoms with Crippen molar-refractivity contribution >= 4 is 22.8 Å². The Bertz CT molecular complexity index is 859. The van der Waals surface area contributed by atoms with E-state index in [1.54, 1.807) is 24.3 Å². The number of hydrogen-bond donors (Lipinski definition) is 2. The predicted molar refractivity (Wildman–Crippen MR) is 77.4 cm³/mol. The van der Waals surface area contributed by atoms with Crippen molar-refractivity contribution in [2.24, 2.45) is 0 Å². The summed E-state index contributed by atoms with van der Waals surface area (Å²) in [4.78, 5) is 13.0. The van der Waals surface area contributed by atoms with Crippen LogP contribution in [0, 0.1) is 0 Å². The van der Waals surface area contributed by atoms with Crippen molar-refractivity contribution in [3.05, 3.63) is 54.1 Å². The van der Waals surface area contributed by atoms with E-state index >= 15 is 0 Å². The highest BCUT2D eigenvalue weighted by Gasteiger charge is 2.30. The number of para-hydroxylation sites is 1. The summed E-state index contributed by atoms with van der Waals surface area (Å²) in [6.07, 6.45) is -4.48.